The third-order valence-corrected chi connectivity index (χ3v) is 3.83. The Balaban J connectivity index is 3.66. The molecule has 0 bridgehead atoms. The van der Waals surface area contributed by atoms with Crippen molar-refractivity contribution in [3.63, 3.8) is 0 Å². The minimum absolute atomic E-state index is 0.625. The fraction of sp³-hybridized carbons (Fsp3) is 1.00. The second-order valence-corrected chi connectivity index (χ2v) is 5.52. The van der Waals surface area contributed by atoms with Gasteiger partial charge in [-0.05, 0) is 31.8 Å². The predicted octanol–water partition coefficient (Wildman–Crippen LogP) is 1.88. The number of nitrogens with two attached hydrogens (primary N) is 3. The van der Waals surface area contributed by atoms with Crippen molar-refractivity contribution in [2.45, 2.75) is 58.3 Å². The molecule has 0 radical (unpaired) electrons. The molecule has 0 aliphatic heterocycles. The second-order valence-electron chi connectivity index (χ2n) is 5.52. The van der Waals surface area contributed by atoms with E-state index in [0.717, 1.165) is 25.6 Å². The van der Waals surface area contributed by atoms with E-state index in [4.69, 9.17) is 17.2 Å². The summed E-state index contributed by atoms with van der Waals surface area (Å²) in [7, 11) is 0. The third-order valence-electron chi connectivity index (χ3n) is 3.83. The van der Waals surface area contributed by atoms with Gasteiger partial charge in [0.2, 0.25) is 0 Å². The molecule has 6 N–H and O–H groups in total. The first-order chi connectivity index (χ1) is 9.28. The van der Waals surface area contributed by atoms with Crippen LogP contribution in [0.4, 0.5) is 0 Å². The Morgan fingerprint density at radius 1 is 0.789 bits per heavy atom. The molecule has 0 aliphatic rings. The van der Waals surface area contributed by atoms with Crippen molar-refractivity contribution in [1.29, 1.82) is 0 Å². The summed E-state index contributed by atoms with van der Waals surface area (Å²) in [6, 6.07) is 0. The fourth-order valence-corrected chi connectivity index (χ4v) is 2.60. The molecule has 1 atom stereocenters. The van der Waals surface area contributed by atoms with E-state index in [0.29, 0.717) is 13.2 Å². The molecule has 0 saturated heterocycles. The fourth-order valence-electron chi connectivity index (χ4n) is 2.60. The van der Waals surface area contributed by atoms with Gasteiger partial charge in [0, 0.05) is 19.8 Å². The molecule has 0 saturated carbocycles. The number of rotatable bonds is 14. The van der Waals surface area contributed by atoms with Crippen LogP contribution in [0.2, 0.25) is 0 Å². The van der Waals surface area contributed by atoms with Gasteiger partial charge in [0.05, 0.1) is 0 Å². The van der Waals surface area contributed by atoms with Gasteiger partial charge in [0.1, 0.15) is 0 Å². The SMILES string of the molecule is CCCCCC(CCN)CCCCN(CN)CCN. The maximum atomic E-state index is 5.71. The van der Waals surface area contributed by atoms with E-state index in [9.17, 15) is 0 Å². The molecule has 4 heteroatoms. The Kier molecular flexibility index (Phi) is 14.1. The van der Waals surface area contributed by atoms with Crippen LogP contribution in [0.25, 0.3) is 0 Å². The van der Waals surface area contributed by atoms with E-state index < -0.39 is 0 Å². The first-order valence-corrected chi connectivity index (χ1v) is 8.11. The van der Waals surface area contributed by atoms with E-state index in [1.165, 1.54) is 51.4 Å². The van der Waals surface area contributed by atoms with Gasteiger partial charge in [-0.25, -0.2) is 0 Å². The molecule has 0 spiro atoms. The highest BCUT2D eigenvalue weighted by Crippen LogP contribution is 2.19. The summed E-state index contributed by atoms with van der Waals surface area (Å²) in [6.45, 7) is 6.41. The second kappa shape index (κ2) is 14.3. The Bertz CT molecular complexity index is 176. The normalized spacial score (nSPS) is 13.1. The quantitative estimate of drug-likeness (QED) is 0.333. The maximum Gasteiger partial charge on any atom is 0.0455 e. The monoisotopic (exact) mass is 272 g/mol. The number of hydrogen-bond acceptors (Lipinski definition) is 4. The molecule has 0 fully saturated rings. The zero-order valence-electron chi connectivity index (χ0n) is 12.9. The molecule has 0 aliphatic carbocycles. The molecule has 19 heavy (non-hydrogen) atoms. The van der Waals surface area contributed by atoms with Crippen LogP contribution in [0.15, 0.2) is 0 Å². The van der Waals surface area contributed by atoms with Crippen molar-refractivity contribution in [3.8, 4) is 0 Å². The van der Waals surface area contributed by atoms with Gasteiger partial charge in [0.15, 0.2) is 0 Å². The van der Waals surface area contributed by atoms with Crippen molar-refractivity contribution < 1.29 is 0 Å². The van der Waals surface area contributed by atoms with Crippen LogP contribution in [-0.4, -0.2) is 37.7 Å². The topological polar surface area (TPSA) is 81.3 Å². The molecule has 0 aromatic carbocycles. The zero-order valence-corrected chi connectivity index (χ0v) is 12.9. The first kappa shape index (κ1) is 18.8. The Labute approximate surface area is 120 Å². The highest BCUT2D eigenvalue weighted by Gasteiger charge is 2.08. The summed E-state index contributed by atoms with van der Waals surface area (Å²) in [5.41, 5.74) is 16.9. The first-order valence-electron chi connectivity index (χ1n) is 8.11. The molecule has 0 aromatic heterocycles. The van der Waals surface area contributed by atoms with E-state index in [-0.39, 0.29) is 0 Å². The maximum absolute atomic E-state index is 5.71. The van der Waals surface area contributed by atoms with Gasteiger partial charge in [-0.15, -0.1) is 0 Å². The minimum atomic E-state index is 0.625. The molecule has 4 nitrogen and oxygen atoms in total. The Morgan fingerprint density at radius 2 is 1.47 bits per heavy atom. The van der Waals surface area contributed by atoms with Crippen molar-refractivity contribution in [3.05, 3.63) is 0 Å². The number of nitrogens with zero attached hydrogens (tertiary/aromatic N) is 1. The molecule has 0 rings (SSSR count). The lowest BCUT2D eigenvalue weighted by atomic mass is 9.92. The van der Waals surface area contributed by atoms with Crippen LogP contribution in [0.3, 0.4) is 0 Å². The predicted molar refractivity (Wildman–Crippen MR) is 84.8 cm³/mol. The largest absolute Gasteiger partial charge is 0.330 e. The van der Waals surface area contributed by atoms with Crippen molar-refractivity contribution in [2.24, 2.45) is 23.1 Å². The molecule has 0 amide bonds. The third kappa shape index (κ3) is 11.4. The van der Waals surface area contributed by atoms with Crippen molar-refractivity contribution in [1.82, 2.24) is 4.90 Å². The molecule has 116 valence electrons. The Morgan fingerprint density at radius 3 is 2.00 bits per heavy atom. The summed E-state index contributed by atoms with van der Waals surface area (Å²) >= 11 is 0. The molecular weight excluding hydrogens is 236 g/mol. The van der Waals surface area contributed by atoms with Gasteiger partial charge < -0.3 is 17.2 Å². The van der Waals surface area contributed by atoms with Crippen LogP contribution in [-0.2, 0) is 0 Å². The standard InChI is InChI=1S/C15H36N4/c1-2-3-4-7-15(9-10-16)8-5-6-12-19(14-18)13-11-17/h15H,2-14,16-18H2,1H3. The van der Waals surface area contributed by atoms with E-state index in [2.05, 4.69) is 11.8 Å². The van der Waals surface area contributed by atoms with Gasteiger partial charge in [-0.2, -0.15) is 0 Å². The highest BCUT2D eigenvalue weighted by atomic mass is 15.2. The van der Waals surface area contributed by atoms with E-state index in [1.807, 2.05) is 0 Å². The zero-order chi connectivity index (χ0) is 14.3. The highest BCUT2D eigenvalue weighted by molar-refractivity contribution is 4.62. The van der Waals surface area contributed by atoms with E-state index in [1.54, 1.807) is 0 Å². The van der Waals surface area contributed by atoms with Gasteiger partial charge in [0.25, 0.3) is 0 Å². The lowest BCUT2D eigenvalue weighted by Gasteiger charge is -2.20. The summed E-state index contributed by atoms with van der Waals surface area (Å²) in [5, 5.41) is 0. The van der Waals surface area contributed by atoms with Crippen molar-refractivity contribution in [2.75, 3.05) is 32.8 Å². The van der Waals surface area contributed by atoms with Crippen LogP contribution in [0.5, 0.6) is 0 Å². The molecular formula is C15H36N4. The van der Waals surface area contributed by atoms with Crippen LogP contribution >= 0.6 is 0 Å². The lowest BCUT2D eigenvalue weighted by Crippen LogP contribution is -2.35. The number of hydrogen-bond donors (Lipinski definition) is 3. The summed E-state index contributed by atoms with van der Waals surface area (Å²) < 4.78 is 0. The lowest BCUT2D eigenvalue weighted by molar-refractivity contribution is 0.276. The van der Waals surface area contributed by atoms with Gasteiger partial charge in [-0.3, -0.25) is 4.90 Å². The average molecular weight is 272 g/mol. The van der Waals surface area contributed by atoms with Crippen LogP contribution < -0.4 is 17.2 Å². The number of unbranched alkanes of at least 4 members (excludes halogenated alkanes) is 3. The smallest absolute Gasteiger partial charge is 0.0455 e. The van der Waals surface area contributed by atoms with Gasteiger partial charge >= 0.3 is 0 Å². The summed E-state index contributed by atoms with van der Waals surface area (Å²) in [6.07, 6.45) is 10.4. The molecule has 0 heterocycles. The minimum Gasteiger partial charge on any atom is -0.330 e. The Hall–Kier alpha value is -0.160. The summed E-state index contributed by atoms with van der Waals surface area (Å²) in [4.78, 5) is 2.23. The van der Waals surface area contributed by atoms with Gasteiger partial charge in [-0.1, -0.05) is 45.4 Å². The summed E-state index contributed by atoms with van der Waals surface area (Å²) in [5.74, 6) is 0.831. The van der Waals surface area contributed by atoms with E-state index >= 15 is 0 Å². The van der Waals surface area contributed by atoms with Crippen LogP contribution in [0.1, 0.15) is 58.3 Å². The molecule has 1 unspecified atom stereocenters. The van der Waals surface area contributed by atoms with Crippen LogP contribution in [0, 0.1) is 5.92 Å². The molecule has 0 aromatic rings. The van der Waals surface area contributed by atoms with Crippen molar-refractivity contribution >= 4 is 0 Å². The average Bonchev–Trinajstić information content (AvgIpc) is 2.42.